The fraction of sp³-hybridized carbons (Fsp3) is 0.471. The number of pyridine rings is 1. The Bertz CT molecular complexity index is 939. The molecule has 0 atom stereocenters. The number of rotatable bonds is 4. The minimum atomic E-state index is 0.0614. The van der Waals surface area contributed by atoms with Gasteiger partial charge >= 0.3 is 0 Å². The fourth-order valence-corrected chi connectivity index (χ4v) is 4.16. The average molecular weight is 330 g/mol. The van der Waals surface area contributed by atoms with Crippen molar-refractivity contribution < 1.29 is 0 Å². The number of nitrogens with zero attached hydrogens (tertiary/aromatic N) is 4. The Morgan fingerprint density at radius 2 is 1.96 bits per heavy atom. The predicted molar refractivity (Wildman–Crippen MR) is 96.6 cm³/mol. The lowest BCUT2D eigenvalue weighted by Crippen LogP contribution is -2.25. The zero-order valence-electron chi connectivity index (χ0n) is 14.3. The second-order valence-electron chi connectivity index (χ2n) is 6.31. The van der Waals surface area contributed by atoms with Crippen LogP contribution in [0.15, 0.2) is 10.9 Å². The number of fused-ring (bicyclic) bond motifs is 3. The second-order valence-corrected chi connectivity index (χ2v) is 7.31. The maximum absolute atomic E-state index is 12.9. The molecule has 23 heavy (non-hydrogen) atoms. The summed E-state index contributed by atoms with van der Waals surface area (Å²) in [6, 6.07) is 2.05. The van der Waals surface area contributed by atoms with Gasteiger partial charge in [0.1, 0.15) is 15.4 Å². The highest BCUT2D eigenvalue weighted by molar-refractivity contribution is 7.25. The van der Waals surface area contributed by atoms with Gasteiger partial charge in [-0.15, -0.1) is 11.3 Å². The van der Waals surface area contributed by atoms with Crippen LogP contribution in [0.4, 0.5) is 0 Å². The van der Waals surface area contributed by atoms with Gasteiger partial charge in [0, 0.05) is 17.6 Å². The highest BCUT2D eigenvalue weighted by Crippen LogP contribution is 2.32. The van der Waals surface area contributed by atoms with Crippen molar-refractivity contribution in [3.05, 3.63) is 33.5 Å². The van der Waals surface area contributed by atoms with Gasteiger partial charge < -0.3 is 4.90 Å². The van der Waals surface area contributed by atoms with Crippen molar-refractivity contribution in [2.24, 2.45) is 0 Å². The molecule has 0 unspecified atom stereocenters. The molecule has 122 valence electrons. The van der Waals surface area contributed by atoms with Crippen LogP contribution in [0, 0.1) is 20.8 Å². The molecule has 6 heteroatoms. The van der Waals surface area contributed by atoms with E-state index in [0.717, 1.165) is 50.5 Å². The summed E-state index contributed by atoms with van der Waals surface area (Å²) in [6.45, 7) is 7.61. The van der Waals surface area contributed by atoms with Crippen LogP contribution in [0.5, 0.6) is 0 Å². The molecule has 3 heterocycles. The van der Waals surface area contributed by atoms with E-state index >= 15 is 0 Å². The smallest absolute Gasteiger partial charge is 0.271 e. The van der Waals surface area contributed by atoms with Crippen molar-refractivity contribution in [2.45, 2.75) is 33.7 Å². The molecule has 3 rings (SSSR count). The van der Waals surface area contributed by atoms with Gasteiger partial charge in [0.15, 0.2) is 0 Å². The van der Waals surface area contributed by atoms with Gasteiger partial charge in [0.05, 0.1) is 5.52 Å². The third-order valence-corrected chi connectivity index (χ3v) is 5.11. The number of aryl methyl sites for hydroxylation is 3. The first-order valence-electron chi connectivity index (χ1n) is 7.81. The Hall–Kier alpha value is -1.79. The first kappa shape index (κ1) is 16.1. The third-order valence-electron chi connectivity index (χ3n) is 4.05. The summed E-state index contributed by atoms with van der Waals surface area (Å²) in [5.41, 5.74) is 2.98. The Kier molecular flexibility index (Phi) is 4.21. The molecule has 0 aliphatic heterocycles. The quantitative estimate of drug-likeness (QED) is 0.738. The van der Waals surface area contributed by atoms with E-state index in [1.807, 2.05) is 34.0 Å². The summed E-state index contributed by atoms with van der Waals surface area (Å²) in [5, 5.41) is 1.02. The van der Waals surface area contributed by atoms with Gasteiger partial charge in [0.2, 0.25) is 0 Å². The Labute approximate surface area is 139 Å². The molecular weight excluding hydrogens is 308 g/mol. The predicted octanol–water partition coefficient (Wildman–Crippen LogP) is 2.88. The van der Waals surface area contributed by atoms with Crippen molar-refractivity contribution in [1.29, 1.82) is 0 Å². The summed E-state index contributed by atoms with van der Waals surface area (Å²) >= 11 is 1.46. The minimum absolute atomic E-state index is 0.0614. The number of hydrogen-bond donors (Lipinski definition) is 0. The monoisotopic (exact) mass is 330 g/mol. The number of hydrogen-bond acceptors (Lipinski definition) is 5. The van der Waals surface area contributed by atoms with Gasteiger partial charge in [-0.25, -0.2) is 9.97 Å². The molecule has 0 amide bonds. The zero-order valence-corrected chi connectivity index (χ0v) is 15.1. The van der Waals surface area contributed by atoms with E-state index in [1.54, 1.807) is 4.57 Å². The van der Waals surface area contributed by atoms with Crippen LogP contribution < -0.4 is 5.56 Å². The first-order chi connectivity index (χ1) is 10.9. The van der Waals surface area contributed by atoms with Crippen LogP contribution in [0.25, 0.3) is 20.4 Å². The standard InChI is InChI=1S/C17H22N4OS/c1-10-9-11(2)18-16-13(10)14-15(23-16)17(22)21(12(3)19-14)8-6-7-20(4)5/h9H,6-8H2,1-5H3. The third kappa shape index (κ3) is 2.88. The Morgan fingerprint density at radius 3 is 2.65 bits per heavy atom. The highest BCUT2D eigenvalue weighted by Gasteiger charge is 2.16. The second kappa shape index (κ2) is 6.02. The Balaban J connectivity index is 2.17. The van der Waals surface area contributed by atoms with Gasteiger partial charge in [-0.3, -0.25) is 9.36 Å². The molecule has 0 fully saturated rings. The van der Waals surface area contributed by atoms with E-state index in [0.29, 0.717) is 6.54 Å². The molecule has 0 spiro atoms. The van der Waals surface area contributed by atoms with Crippen LogP contribution in [-0.2, 0) is 6.54 Å². The average Bonchev–Trinajstić information content (AvgIpc) is 2.80. The van der Waals surface area contributed by atoms with Gasteiger partial charge in [0.25, 0.3) is 5.56 Å². The van der Waals surface area contributed by atoms with E-state index in [-0.39, 0.29) is 5.56 Å². The molecule has 0 saturated carbocycles. The summed E-state index contributed by atoms with van der Waals surface area (Å²) < 4.78 is 2.51. The normalized spacial score (nSPS) is 11.9. The van der Waals surface area contributed by atoms with Crippen molar-refractivity contribution in [1.82, 2.24) is 19.4 Å². The molecule has 0 aliphatic rings. The lowest BCUT2D eigenvalue weighted by molar-refractivity contribution is 0.383. The first-order valence-corrected chi connectivity index (χ1v) is 8.62. The molecule has 0 aliphatic carbocycles. The van der Waals surface area contributed by atoms with Crippen LogP contribution >= 0.6 is 11.3 Å². The Morgan fingerprint density at radius 1 is 1.22 bits per heavy atom. The topological polar surface area (TPSA) is 51.0 Å². The van der Waals surface area contributed by atoms with E-state index in [4.69, 9.17) is 4.98 Å². The molecule has 3 aromatic heterocycles. The van der Waals surface area contributed by atoms with E-state index in [9.17, 15) is 4.79 Å². The van der Waals surface area contributed by atoms with E-state index < -0.39 is 0 Å². The van der Waals surface area contributed by atoms with Gasteiger partial charge in [-0.05, 0) is 59.5 Å². The molecule has 0 radical (unpaired) electrons. The van der Waals surface area contributed by atoms with Gasteiger partial charge in [-0.2, -0.15) is 0 Å². The molecule has 0 bridgehead atoms. The fourth-order valence-electron chi connectivity index (χ4n) is 2.97. The molecule has 0 saturated heterocycles. The lowest BCUT2D eigenvalue weighted by Gasteiger charge is -2.12. The number of aromatic nitrogens is 3. The maximum Gasteiger partial charge on any atom is 0.271 e. The van der Waals surface area contributed by atoms with Crippen molar-refractivity contribution >= 4 is 31.8 Å². The highest BCUT2D eigenvalue weighted by atomic mass is 32.1. The molecule has 3 aromatic rings. The SMILES string of the molecule is Cc1cc(C)c2c(n1)sc1c(=O)n(CCCN(C)C)c(C)nc12. The van der Waals surface area contributed by atoms with Crippen LogP contribution in [0.1, 0.15) is 23.5 Å². The lowest BCUT2D eigenvalue weighted by atomic mass is 10.1. The minimum Gasteiger partial charge on any atom is -0.309 e. The van der Waals surface area contributed by atoms with E-state index in [2.05, 4.69) is 16.8 Å². The molecule has 0 aromatic carbocycles. The maximum atomic E-state index is 12.9. The van der Waals surface area contributed by atoms with Crippen LogP contribution in [0.3, 0.4) is 0 Å². The number of thiophene rings is 1. The van der Waals surface area contributed by atoms with Crippen molar-refractivity contribution in [3.8, 4) is 0 Å². The van der Waals surface area contributed by atoms with Crippen LogP contribution in [0.2, 0.25) is 0 Å². The summed E-state index contributed by atoms with van der Waals surface area (Å²) in [6.07, 6.45) is 0.933. The summed E-state index contributed by atoms with van der Waals surface area (Å²) in [5.74, 6) is 0.779. The molecule has 0 N–H and O–H groups in total. The summed E-state index contributed by atoms with van der Waals surface area (Å²) in [7, 11) is 4.08. The van der Waals surface area contributed by atoms with Crippen LogP contribution in [-0.4, -0.2) is 40.1 Å². The van der Waals surface area contributed by atoms with Gasteiger partial charge in [-0.1, -0.05) is 0 Å². The molecule has 5 nitrogen and oxygen atoms in total. The van der Waals surface area contributed by atoms with E-state index in [1.165, 1.54) is 11.3 Å². The summed E-state index contributed by atoms with van der Waals surface area (Å²) in [4.78, 5) is 25.2. The van der Waals surface area contributed by atoms with Crippen molar-refractivity contribution in [2.75, 3.05) is 20.6 Å². The van der Waals surface area contributed by atoms with Crippen molar-refractivity contribution in [3.63, 3.8) is 0 Å². The largest absolute Gasteiger partial charge is 0.309 e. The zero-order chi connectivity index (χ0) is 16.7. The molecular formula is C17H22N4OS.